The van der Waals surface area contributed by atoms with Gasteiger partial charge in [-0.3, -0.25) is 9.59 Å². The zero-order chi connectivity index (χ0) is 20.7. The first-order valence-electron chi connectivity index (χ1n) is 9.01. The van der Waals surface area contributed by atoms with Gasteiger partial charge in [0.25, 0.3) is 11.8 Å². The van der Waals surface area contributed by atoms with Crippen LogP contribution in [0.5, 0.6) is 11.5 Å². The van der Waals surface area contributed by atoms with Gasteiger partial charge in [-0.05, 0) is 31.0 Å². The predicted molar refractivity (Wildman–Crippen MR) is 109 cm³/mol. The third-order valence-corrected chi connectivity index (χ3v) is 6.51. The van der Waals surface area contributed by atoms with Crippen LogP contribution in [0, 0.1) is 11.3 Å². The summed E-state index contributed by atoms with van der Waals surface area (Å²) in [6.45, 7) is 3.67. The molecule has 0 bridgehead atoms. The Morgan fingerprint density at radius 1 is 1.25 bits per heavy atom. The minimum Gasteiger partial charge on any atom is -0.454 e. The van der Waals surface area contributed by atoms with E-state index in [1.807, 2.05) is 25.1 Å². The number of amides is 2. The third kappa shape index (κ3) is 3.08. The van der Waals surface area contributed by atoms with E-state index in [0.29, 0.717) is 17.9 Å². The largest absolute Gasteiger partial charge is 0.454 e. The van der Waals surface area contributed by atoms with Crippen LogP contribution >= 0.6 is 25.3 Å². The van der Waals surface area contributed by atoms with Crippen molar-refractivity contribution >= 4 is 37.1 Å². The van der Waals surface area contributed by atoms with E-state index in [1.165, 1.54) is 16.8 Å². The number of nitriles is 1. The minimum atomic E-state index is -1.44. The lowest BCUT2D eigenvalue weighted by molar-refractivity contribution is -0.167. The van der Waals surface area contributed by atoms with Gasteiger partial charge in [-0.1, -0.05) is 13.0 Å². The molecule has 7 nitrogen and oxygen atoms in total. The lowest BCUT2D eigenvalue weighted by Gasteiger charge is -2.54. The molecule has 150 valence electrons. The highest BCUT2D eigenvalue weighted by atomic mass is 32.1. The van der Waals surface area contributed by atoms with E-state index < -0.39 is 15.8 Å². The summed E-state index contributed by atoms with van der Waals surface area (Å²) in [7, 11) is 1.53. The molecule has 0 aromatic heterocycles. The fourth-order valence-corrected chi connectivity index (χ4v) is 4.34. The first-order chi connectivity index (χ1) is 13.2. The molecule has 0 spiro atoms. The van der Waals surface area contributed by atoms with E-state index in [4.69, 9.17) is 14.7 Å². The van der Waals surface area contributed by atoms with Gasteiger partial charge >= 0.3 is 0 Å². The van der Waals surface area contributed by atoms with Crippen molar-refractivity contribution < 1.29 is 19.1 Å². The summed E-state index contributed by atoms with van der Waals surface area (Å²) >= 11 is 9.14. The predicted octanol–water partition coefficient (Wildman–Crippen LogP) is 2.74. The first-order valence-corrected chi connectivity index (χ1v) is 9.91. The highest BCUT2D eigenvalue weighted by molar-refractivity contribution is 7.83. The zero-order valence-corrected chi connectivity index (χ0v) is 17.8. The Bertz CT molecular complexity index is 854. The Hall–Kier alpha value is -2.05. The number of nitrogens with zero attached hydrogens (tertiary/aromatic N) is 3. The van der Waals surface area contributed by atoms with Gasteiger partial charge in [0.2, 0.25) is 6.79 Å². The summed E-state index contributed by atoms with van der Waals surface area (Å²) in [5.74, 6) is 0.539. The molecule has 3 atom stereocenters. The maximum absolute atomic E-state index is 13.5. The zero-order valence-electron chi connectivity index (χ0n) is 16.0. The molecule has 28 heavy (non-hydrogen) atoms. The molecular weight excluding hydrogens is 398 g/mol. The van der Waals surface area contributed by atoms with Gasteiger partial charge in [0.15, 0.2) is 21.2 Å². The van der Waals surface area contributed by atoms with Gasteiger partial charge in [-0.25, -0.2) is 0 Å². The minimum absolute atomic E-state index is 0.0910. The van der Waals surface area contributed by atoms with Gasteiger partial charge in [0.1, 0.15) is 0 Å². The van der Waals surface area contributed by atoms with Gasteiger partial charge in [-0.15, -0.1) is 25.3 Å². The SMILES string of the molecule is CC[C@H](c1ccc2c(c1)OCO2)N1C(=O)[C@](C)(S)N(C)C(=O)[C@@]1(S)CCC#N. The first kappa shape index (κ1) is 20.7. The van der Waals surface area contributed by atoms with E-state index in [-0.39, 0.29) is 31.4 Å². The summed E-state index contributed by atoms with van der Waals surface area (Å²) in [6.07, 6.45) is 0.751. The maximum atomic E-state index is 13.5. The number of carbonyl (C=O) groups excluding carboxylic acids is 2. The molecule has 9 heteroatoms. The average molecular weight is 422 g/mol. The molecule has 1 aromatic rings. The number of fused-ring (bicyclic) bond motifs is 1. The number of hydrogen-bond donors (Lipinski definition) is 2. The summed E-state index contributed by atoms with van der Waals surface area (Å²) in [6, 6.07) is 7.07. The fraction of sp³-hybridized carbons (Fsp3) is 0.526. The second-order valence-electron chi connectivity index (χ2n) is 7.07. The molecule has 1 aromatic carbocycles. The lowest BCUT2D eigenvalue weighted by Crippen LogP contribution is -2.72. The maximum Gasteiger partial charge on any atom is 0.260 e. The smallest absolute Gasteiger partial charge is 0.260 e. The molecule has 0 radical (unpaired) electrons. The van der Waals surface area contributed by atoms with Crippen LogP contribution in [0.4, 0.5) is 0 Å². The topological polar surface area (TPSA) is 82.9 Å². The summed E-state index contributed by atoms with van der Waals surface area (Å²) < 4.78 is 10.8. The molecular formula is C19H23N3O4S2. The number of hydrogen-bond acceptors (Lipinski definition) is 7. The van der Waals surface area contributed by atoms with Crippen molar-refractivity contribution in [3.8, 4) is 17.6 Å². The van der Waals surface area contributed by atoms with E-state index >= 15 is 0 Å². The monoisotopic (exact) mass is 421 g/mol. The van der Waals surface area contributed by atoms with Crippen LogP contribution in [0.25, 0.3) is 0 Å². The quantitative estimate of drug-likeness (QED) is 0.715. The van der Waals surface area contributed by atoms with Gasteiger partial charge in [0.05, 0.1) is 12.1 Å². The Morgan fingerprint density at radius 2 is 1.93 bits per heavy atom. The molecule has 2 amide bonds. The molecule has 2 aliphatic rings. The number of piperazine rings is 1. The second-order valence-corrected chi connectivity index (χ2v) is 8.68. The van der Waals surface area contributed by atoms with E-state index in [9.17, 15) is 9.59 Å². The van der Waals surface area contributed by atoms with Gasteiger partial charge < -0.3 is 19.3 Å². The van der Waals surface area contributed by atoms with Crippen molar-refractivity contribution in [1.82, 2.24) is 9.80 Å². The fourth-order valence-electron chi connectivity index (χ4n) is 3.65. The van der Waals surface area contributed by atoms with Crippen LogP contribution < -0.4 is 9.47 Å². The molecule has 1 fully saturated rings. The van der Waals surface area contributed by atoms with Crippen LogP contribution in [-0.4, -0.2) is 45.2 Å². The molecule has 0 unspecified atom stereocenters. The summed E-state index contributed by atoms with van der Waals surface area (Å²) in [4.78, 5) is 26.7. The van der Waals surface area contributed by atoms with E-state index in [2.05, 4.69) is 25.3 Å². The average Bonchev–Trinajstić information content (AvgIpc) is 3.15. The third-order valence-electron chi connectivity index (χ3n) is 5.39. The number of carbonyl (C=O) groups is 2. The number of ether oxygens (including phenoxy) is 2. The Morgan fingerprint density at radius 3 is 2.57 bits per heavy atom. The number of thiol groups is 2. The summed E-state index contributed by atoms with van der Waals surface area (Å²) in [5, 5.41) is 9.08. The van der Waals surface area contributed by atoms with E-state index in [1.54, 1.807) is 13.0 Å². The normalized spacial score (nSPS) is 27.7. The van der Waals surface area contributed by atoms with Crippen LogP contribution in [0.15, 0.2) is 18.2 Å². The Balaban J connectivity index is 2.10. The van der Waals surface area contributed by atoms with Crippen LogP contribution in [-0.2, 0) is 9.59 Å². The van der Waals surface area contributed by atoms with Crippen molar-refractivity contribution in [3.63, 3.8) is 0 Å². The van der Waals surface area contributed by atoms with Crippen molar-refractivity contribution in [2.75, 3.05) is 13.8 Å². The molecule has 0 N–H and O–H groups in total. The Kier molecular flexibility index (Phi) is 5.47. The molecule has 2 aliphatic heterocycles. The molecule has 1 saturated heterocycles. The molecule has 0 aliphatic carbocycles. The van der Waals surface area contributed by atoms with E-state index in [0.717, 1.165) is 5.56 Å². The summed E-state index contributed by atoms with van der Waals surface area (Å²) in [5.41, 5.74) is 0.803. The number of rotatable bonds is 5. The Labute approximate surface area is 175 Å². The number of benzene rings is 1. The number of likely N-dealkylation sites (N-methyl/N-ethyl adjacent to an activating group) is 1. The van der Waals surface area contributed by atoms with Crippen LogP contribution in [0.2, 0.25) is 0 Å². The molecule has 3 rings (SSSR count). The molecule has 2 heterocycles. The van der Waals surface area contributed by atoms with Crippen molar-refractivity contribution in [2.45, 2.75) is 48.9 Å². The van der Waals surface area contributed by atoms with Crippen LogP contribution in [0.1, 0.15) is 44.7 Å². The van der Waals surface area contributed by atoms with Crippen molar-refractivity contribution in [3.05, 3.63) is 23.8 Å². The van der Waals surface area contributed by atoms with Crippen molar-refractivity contribution in [2.24, 2.45) is 0 Å². The van der Waals surface area contributed by atoms with Gasteiger partial charge in [-0.2, -0.15) is 5.26 Å². The lowest BCUT2D eigenvalue weighted by atomic mass is 9.93. The highest BCUT2D eigenvalue weighted by Gasteiger charge is 2.59. The molecule has 0 saturated carbocycles. The van der Waals surface area contributed by atoms with Crippen LogP contribution in [0.3, 0.4) is 0 Å². The highest BCUT2D eigenvalue weighted by Crippen LogP contribution is 2.46. The standard InChI is InChI=1S/C19H23N3O4S2/c1-4-13(12-6-7-14-15(10-12)26-11-25-14)22-16(23)18(2,27)21(3)17(24)19(22,28)8-5-9-20/h6-7,10,13,27-28H,4-5,8,11H2,1-3H3/t13-,18+,19+/m1/s1. The van der Waals surface area contributed by atoms with Crippen molar-refractivity contribution in [1.29, 1.82) is 5.26 Å². The second kappa shape index (κ2) is 7.41. The van der Waals surface area contributed by atoms with Gasteiger partial charge in [0, 0.05) is 19.9 Å².